The Balaban J connectivity index is 0.976. The van der Waals surface area contributed by atoms with E-state index in [1.807, 2.05) is 54.6 Å². The third kappa shape index (κ3) is 4.68. The molecule has 292 valence electrons. The molecule has 0 fully saturated rings. The molecular formula is C58H34N4O. The van der Waals surface area contributed by atoms with Gasteiger partial charge in [-0.1, -0.05) is 170 Å². The molecule has 1 spiro atoms. The van der Waals surface area contributed by atoms with Crippen LogP contribution in [0.25, 0.3) is 106 Å². The quantitative estimate of drug-likeness (QED) is 0.178. The van der Waals surface area contributed by atoms with E-state index in [0.717, 1.165) is 60.4 Å². The zero-order valence-electron chi connectivity index (χ0n) is 33.8. The standard InChI is InChI=1S/C58H34N4O/c1-2-15-35(16-3-1)55-59-56(45-23-14-22-44-43-21-8-13-28-53(43)63-54(44)45)61-57(60-55)62-51-27-12-7-20-42(51)46-33-36(30-32-52(46)62)37-29-31-41-40-19-6-11-26-49(40)58(50(41)34-37)47-24-9-4-17-38(47)39-18-5-10-25-48(39)58/h1-34H. The van der Waals surface area contributed by atoms with Crippen LogP contribution in [0.2, 0.25) is 0 Å². The van der Waals surface area contributed by atoms with Crippen molar-refractivity contribution in [2.45, 2.75) is 5.41 Å². The first-order valence-corrected chi connectivity index (χ1v) is 21.4. The van der Waals surface area contributed by atoms with Gasteiger partial charge in [-0.3, -0.25) is 4.57 Å². The summed E-state index contributed by atoms with van der Waals surface area (Å²) >= 11 is 0. The highest BCUT2D eigenvalue weighted by Crippen LogP contribution is 2.63. The zero-order chi connectivity index (χ0) is 41.2. The molecule has 2 aliphatic carbocycles. The molecule has 2 aliphatic rings. The molecule has 0 aliphatic heterocycles. The van der Waals surface area contributed by atoms with Gasteiger partial charge in [0.05, 0.1) is 22.0 Å². The molecule has 0 amide bonds. The van der Waals surface area contributed by atoms with Crippen LogP contribution >= 0.6 is 0 Å². The van der Waals surface area contributed by atoms with E-state index in [-0.39, 0.29) is 0 Å². The highest BCUT2D eigenvalue weighted by atomic mass is 16.3. The van der Waals surface area contributed by atoms with Gasteiger partial charge in [-0.05, 0) is 92.0 Å². The number of rotatable bonds is 4. The second kappa shape index (κ2) is 12.8. The monoisotopic (exact) mass is 802 g/mol. The van der Waals surface area contributed by atoms with Gasteiger partial charge in [0, 0.05) is 27.1 Å². The maximum Gasteiger partial charge on any atom is 0.238 e. The molecule has 0 radical (unpaired) electrons. The Labute approximate surface area is 362 Å². The summed E-state index contributed by atoms with van der Waals surface area (Å²) in [6.07, 6.45) is 0. The second-order valence-corrected chi connectivity index (χ2v) is 16.7. The molecular weight excluding hydrogens is 769 g/mol. The van der Waals surface area contributed by atoms with Crippen molar-refractivity contribution in [1.82, 2.24) is 19.5 Å². The number of aromatic nitrogens is 4. The Morgan fingerprint density at radius 2 is 0.905 bits per heavy atom. The van der Waals surface area contributed by atoms with Crippen molar-refractivity contribution in [3.63, 3.8) is 0 Å². The van der Waals surface area contributed by atoms with Gasteiger partial charge in [0.1, 0.15) is 11.2 Å². The number of hydrogen-bond acceptors (Lipinski definition) is 4. The number of fused-ring (bicyclic) bond motifs is 16. The first-order valence-electron chi connectivity index (χ1n) is 21.4. The lowest BCUT2D eigenvalue weighted by Gasteiger charge is -2.30. The van der Waals surface area contributed by atoms with E-state index in [4.69, 9.17) is 19.4 Å². The van der Waals surface area contributed by atoms with Crippen LogP contribution in [0.4, 0.5) is 0 Å². The number of hydrogen-bond donors (Lipinski definition) is 0. The normalized spacial score (nSPS) is 13.2. The molecule has 0 unspecified atom stereocenters. The van der Waals surface area contributed by atoms with Gasteiger partial charge in [-0.15, -0.1) is 0 Å². The zero-order valence-corrected chi connectivity index (χ0v) is 33.8. The van der Waals surface area contributed by atoms with E-state index in [1.165, 1.54) is 50.1 Å². The second-order valence-electron chi connectivity index (χ2n) is 16.7. The van der Waals surface area contributed by atoms with Gasteiger partial charge >= 0.3 is 0 Å². The van der Waals surface area contributed by atoms with Crippen molar-refractivity contribution in [3.8, 4) is 62.1 Å². The van der Waals surface area contributed by atoms with E-state index < -0.39 is 5.41 Å². The van der Waals surface area contributed by atoms with Crippen LogP contribution in [0.3, 0.4) is 0 Å². The summed E-state index contributed by atoms with van der Waals surface area (Å²) in [5.74, 6) is 1.69. The average Bonchev–Trinajstić information content (AvgIpc) is 4.08. The molecule has 5 nitrogen and oxygen atoms in total. The van der Waals surface area contributed by atoms with Crippen LogP contribution in [0.15, 0.2) is 211 Å². The van der Waals surface area contributed by atoms with Gasteiger partial charge < -0.3 is 4.42 Å². The molecule has 0 bridgehead atoms. The van der Waals surface area contributed by atoms with Crippen molar-refractivity contribution >= 4 is 43.7 Å². The van der Waals surface area contributed by atoms with E-state index in [9.17, 15) is 0 Å². The SMILES string of the molecule is c1ccc(-c2nc(-c3cccc4c3oc3ccccc34)nc(-n3c4ccccc4c4cc(-c5ccc6c(c5)C5(c7ccccc7-c7ccccc75)c5ccccc5-6)ccc43)n2)cc1. The molecule has 63 heavy (non-hydrogen) atoms. The Hall–Kier alpha value is -8.41. The summed E-state index contributed by atoms with van der Waals surface area (Å²) in [4.78, 5) is 15.6. The number of benzene rings is 9. The molecule has 3 aromatic heterocycles. The molecule has 0 atom stereocenters. The smallest absolute Gasteiger partial charge is 0.238 e. The molecule has 12 aromatic rings. The highest BCUT2D eigenvalue weighted by molar-refractivity contribution is 6.11. The van der Waals surface area contributed by atoms with Crippen LogP contribution in [0, 0.1) is 0 Å². The number of nitrogens with zero attached hydrogens (tertiary/aromatic N) is 4. The fourth-order valence-electron chi connectivity index (χ4n) is 10.9. The number of furan rings is 1. The molecule has 3 heterocycles. The highest BCUT2D eigenvalue weighted by Gasteiger charge is 2.51. The van der Waals surface area contributed by atoms with E-state index >= 15 is 0 Å². The van der Waals surface area contributed by atoms with Gasteiger partial charge in [0.25, 0.3) is 0 Å². The third-order valence-corrected chi connectivity index (χ3v) is 13.5. The molecule has 9 aromatic carbocycles. The van der Waals surface area contributed by atoms with Crippen molar-refractivity contribution < 1.29 is 4.42 Å². The predicted octanol–water partition coefficient (Wildman–Crippen LogP) is 14.2. The first kappa shape index (κ1) is 34.3. The van der Waals surface area contributed by atoms with Gasteiger partial charge in [-0.25, -0.2) is 4.98 Å². The maximum absolute atomic E-state index is 6.51. The number of para-hydroxylation sites is 3. The minimum Gasteiger partial charge on any atom is -0.455 e. The van der Waals surface area contributed by atoms with Gasteiger partial charge in [0.2, 0.25) is 5.95 Å². The molecule has 5 heteroatoms. The van der Waals surface area contributed by atoms with E-state index in [1.54, 1.807) is 0 Å². The lowest BCUT2D eigenvalue weighted by Crippen LogP contribution is -2.25. The first-order chi connectivity index (χ1) is 31.2. The minimum absolute atomic E-state index is 0.408. The largest absolute Gasteiger partial charge is 0.455 e. The van der Waals surface area contributed by atoms with Crippen molar-refractivity contribution in [1.29, 1.82) is 0 Å². The summed E-state index contributed by atoms with van der Waals surface area (Å²) in [7, 11) is 0. The summed E-state index contributed by atoms with van der Waals surface area (Å²) in [6.45, 7) is 0. The Bertz CT molecular complexity index is 3810. The maximum atomic E-state index is 6.51. The Morgan fingerprint density at radius 3 is 1.67 bits per heavy atom. The molecule has 14 rings (SSSR count). The van der Waals surface area contributed by atoms with Crippen LogP contribution < -0.4 is 0 Å². The van der Waals surface area contributed by atoms with Crippen LogP contribution in [-0.2, 0) is 5.41 Å². The van der Waals surface area contributed by atoms with Crippen molar-refractivity contribution in [3.05, 3.63) is 229 Å². The average molecular weight is 803 g/mol. The van der Waals surface area contributed by atoms with Crippen molar-refractivity contribution in [2.24, 2.45) is 0 Å². The summed E-state index contributed by atoms with van der Waals surface area (Å²) in [5, 5.41) is 4.34. The summed E-state index contributed by atoms with van der Waals surface area (Å²) < 4.78 is 8.70. The fourth-order valence-corrected chi connectivity index (χ4v) is 10.9. The topological polar surface area (TPSA) is 56.7 Å². The van der Waals surface area contributed by atoms with Gasteiger partial charge in [-0.2, -0.15) is 9.97 Å². The van der Waals surface area contributed by atoms with E-state index in [0.29, 0.717) is 17.6 Å². The van der Waals surface area contributed by atoms with Crippen LogP contribution in [0.5, 0.6) is 0 Å². The predicted molar refractivity (Wildman–Crippen MR) is 254 cm³/mol. The van der Waals surface area contributed by atoms with Crippen LogP contribution in [-0.4, -0.2) is 19.5 Å². The lowest BCUT2D eigenvalue weighted by molar-refractivity contribution is 0.669. The minimum atomic E-state index is -0.408. The van der Waals surface area contributed by atoms with Crippen molar-refractivity contribution in [2.75, 3.05) is 0 Å². The third-order valence-electron chi connectivity index (χ3n) is 13.5. The van der Waals surface area contributed by atoms with Crippen LogP contribution in [0.1, 0.15) is 22.3 Å². The Morgan fingerprint density at radius 1 is 0.349 bits per heavy atom. The van der Waals surface area contributed by atoms with Gasteiger partial charge in [0.15, 0.2) is 11.6 Å². The Kier molecular flexibility index (Phi) is 6.97. The summed E-state index contributed by atoms with van der Waals surface area (Å²) in [5.41, 5.74) is 17.8. The fraction of sp³-hybridized carbons (Fsp3) is 0.0172. The van der Waals surface area contributed by atoms with E-state index in [2.05, 4.69) is 156 Å². The summed E-state index contributed by atoms with van der Waals surface area (Å²) in [6, 6.07) is 73.9. The lowest BCUT2D eigenvalue weighted by atomic mass is 9.70. The molecule has 0 saturated carbocycles. The molecule has 0 N–H and O–H groups in total. The molecule has 0 saturated heterocycles.